The van der Waals surface area contributed by atoms with Crippen molar-refractivity contribution in [3.8, 4) is 0 Å². The Balaban J connectivity index is 2.19. The van der Waals surface area contributed by atoms with Crippen LogP contribution in [0, 0.1) is 0 Å². The summed E-state index contributed by atoms with van der Waals surface area (Å²) in [5.74, 6) is 0. The molecule has 0 atom stereocenters. The molecule has 1 aromatic heterocycles. The second-order valence-corrected chi connectivity index (χ2v) is 7.82. The number of sulfonamides is 1. The van der Waals surface area contributed by atoms with Gasteiger partial charge in [0.1, 0.15) is 4.21 Å². The summed E-state index contributed by atoms with van der Waals surface area (Å²) in [5.41, 5.74) is 5.52. The van der Waals surface area contributed by atoms with Gasteiger partial charge in [-0.2, -0.15) is 4.31 Å². The first-order chi connectivity index (χ1) is 8.54. The lowest BCUT2D eigenvalue weighted by Crippen LogP contribution is -2.34. The largest absolute Gasteiger partial charge is 0.326 e. The fourth-order valence-corrected chi connectivity index (χ4v) is 4.86. The van der Waals surface area contributed by atoms with Gasteiger partial charge in [-0.05, 0) is 32.1 Å². The van der Waals surface area contributed by atoms with Crippen molar-refractivity contribution in [1.29, 1.82) is 0 Å². The second kappa shape index (κ2) is 5.66. The molecule has 0 unspecified atom stereocenters. The third-order valence-corrected chi connectivity index (χ3v) is 6.58. The fourth-order valence-electron chi connectivity index (χ4n) is 2.00. The fraction of sp³-hybridized carbons (Fsp3) is 0.636. The Bertz CT molecular complexity index is 498. The standard InChI is InChI=1S/C11H19N3O2S2/c1-13-5-2-6-14(8-7-13)18(15,16)11-4-3-10(9-12)17-11/h3-4H,2,5-9,12H2,1H3. The molecule has 1 aliphatic rings. The summed E-state index contributed by atoms with van der Waals surface area (Å²) >= 11 is 1.27. The Morgan fingerprint density at radius 2 is 2.06 bits per heavy atom. The predicted molar refractivity (Wildman–Crippen MR) is 73.1 cm³/mol. The minimum absolute atomic E-state index is 0.392. The molecule has 0 spiro atoms. The van der Waals surface area contributed by atoms with Crippen LogP contribution in [0.15, 0.2) is 16.3 Å². The van der Waals surface area contributed by atoms with Gasteiger partial charge in [-0.25, -0.2) is 8.42 Å². The molecule has 7 heteroatoms. The molecule has 0 bridgehead atoms. The lowest BCUT2D eigenvalue weighted by molar-refractivity contribution is 0.347. The number of thiophene rings is 1. The van der Waals surface area contributed by atoms with E-state index in [1.807, 2.05) is 7.05 Å². The van der Waals surface area contributed by atoms with Crippen LogP contribution in [0.25, 0.3) is 0 Å². The van der Waals surface area contributed by atoms with Crippen molar-refractivity contribution in [1.82, 2.24) is 9.21 Å². The van der Waals surface area contributed by atoms with Gasteiger partial charge in [0, 0.05) is 31.1 Å². The highest BCUT2D eigenvalue weighted by Crippen LogP contribution is 2.25. The van der Waals surface area contributed by atoms with Gasteiger partial charge in [-0.3, -0.25) is 0 Å². The zero-order chi connectivity index (χ0) is 13.2. The molecule has 0 saturated carbocycles. The molecular formula is C11H19N3O2S2. The highest BCUT2D eigenvalue weighted by atomic mass is 32.2. The Hall–Kier alpha value is -0.470. The van der Waals surface area contributed by atoms with Gasteiger partial charge in [-0.1, -0.05) is 0 Å². The van der Waals surface area contributed by atoms with Crippen LogP contribution in [0.3, 0.4) is 0 Å². The van der Waals surface area contributed by atoms with Gasteiger partial charge in [0.25, 0.3) is 10.0 Å². The number of likely N-dealkylation sites (N-methyl/N-ethyl adjacent to an activating group) is 1. The van der Waals surface area contributed by atoms with Crippen LogP contribution in [0.4, 0.5) is 0 Å². The molecule has 0 amide bonds. The maximum Gasteiger partial charge on any atom is 0.252 e. The number of nitrogens with two attached hydrogens (primary N) is 1. The summed E-state index contributed by atoms with van der Waals surface area (Å²) < 4.78 is 26.9. The van der Waals surface area contributed by atoms with Crippen molar-refractivity contribution in [3.63, 3.8) is 0 Å². The first kappa shape index (κ1) is 14.0. The van der Waals surface area contributed by atoms with Crippen molar-refractivity contribution >= 4 is 21.4 Å². The van der Waals surface area contributed by atoms with Crippen LogP contribution < -0.4 is 5.73 Å². The van der Waals surface area contributed by atoms with Gasteiger partial charge in [0.2, 0.25) is 0 Å². The molecule has 0 aliphatic carbocycles. The van der Waals surface area contributed by atoms with Crippen molar-refractivity contribution in [2.45, 2.75) is 17.2 Å². The number of hydrogen-bond acceptors (Lipinski definition) is 5. The zero-order valence-corrected chi connectivity index (χ0v) is 12.1. The van der Waals surface area contributed by atoms with E-state index in [0.717, 1.165) is 24.4 Å². The molecule has 18 heavy (non-hydrogen) atoms. The molecule has 1 aliphatic heterocycles. The summed E-state index contributed by atoms with van der Waals surface area (Å²) in [4.78, 5) is 3.07. The van der Waals surface area contributed by atoms with Crippen LogP contribution in [0.2, 0.25) is 0 Å². The maximum atomic E-state index is 12.5. The normalized spacial score (nSPS) is 19.9. The maximum absolute atomic E-state index is 12.5. The summed E-state index contributed by atoms with van der Waals surface area (Å²) in [6.45, 7) is 3.29. The van der Waals surface area contributed by atoms with Crippen molar-refractivity contribution in [2.24, 2.45) is 5.73 Å². The van der Waals surface area contributed by atoms with E-state index < -0.39 is 10.0 Å². The molecule has 1 fully saturated rings. The van der Waals surface area contributed by atoms with Gasteiger partial charge >= 0.3 is 0 Å². The van der Waals surface area contributed by atoms with Crippen LogP contribution in [0.5, 0.6) is 0 Å². The minimum atomic E-state index is -3.33. The summed E-state index contributed by atoms with van der Waals surface area (Å²) in [6.07, 6.45) is 0.880. The number of nitrogens with zero attached hydrogens (tertiary/aromatic N) is 2. The molecule has 0 radical (unpaired) electrons. The van der Waals surface area contributed by atoms with Crippen LogP contribution >= 0.6 is 11.3 Å². The van der Waals surface area contributed by atoms with Gasteiger partial charge < -0.3 is 10.6 Å². The van der Waals surface area contributed by atoms with E-state index in [9.17, 15) is 8.42 Å². The Labute approximate surface area is 112 Å². The monoisotopic (exact) mass is 289 g/mol. The lowest BCUT2D eigenvalue weighted by Gasteiger charge is -2.19. The smallest absolute Gasteiger partial charge is 0.252 e. The second-order valence-electron chi connectivity index (χ2n) is 4.49. The molecule has 1 aromatic rings. The topological polar surface area (TPSA) is 66.6 Å². The molecule has 1 saturated heterocycles. The summed E-state index contributed by atoms with van der Waals surface area (Å²) in [5, 5.41) is 0. The zero-order valence-electron chi connectivity index (χ0n) is 10.5. The SMILES string of the molecule is CN1CCCN(S(=O)(=O)c2ccc(CN)s2)CC1. The quantitative estimate of drug-likeness (QED) is 0.881. The van der Waals surface area contributed by atoms with Gasteiger partial charge in [0.15, 0.2) is 0 Å². The summed E-state index contributed by atoms with van der Waals surface area (Å²) in [7, 11) is -1.31. The highest BCUT2D eigenvalue weighted by Gasteiger charge is 2.27. The summed E-state index contributed by atoms with van der Waals surface area (Å²) in [6, 6.07) is 3.46. The molecule has 2 N–H and O–H groups in total. The van der Waals surface area contributed by atoms with E-state index in [1.165, 1.54) is 11.3 Å². The number of hydrogen-bond donors (Lipinski definition) is 1. The van der Waals surface area contributed by atoms with E-state index in [1.54, 1.807) is 16.4 Å². The van der Waals surface area contributed by atoms with Crippen molar-refractivity contribution in [3.05, 3.63) is 17.0 Å². The van der Waals surface area contributed by atoms with Crippen LogP contribution in [0.1, 0.15) is 11.3 Å². The molecule has 102 valence electrons. The molecule has 5 nitrogen and oxygen atoms in total. The van der Waals surface area contributed by atoms with E-state index in [0.29, 0.717) is 23.8 Å². The van der Waals surface area contributed by atoms with Crippen molar-refractivity contribution < 1.29 is 8.42 Å². The Morgan fingerprint density at radius 1 is 1.28 bits per heavy atom. The Morgan fingerprint density at radius 3 is 2.72 bits per heavy atom. The molecule has 0 aromatic carbocycles. The first-order valence-electron chi connectivity index (χ1n) is 6.01. The van der Waals surface area contributed by atoms with E-state index in [-0.39, 0.29) is 0 Å². The van der Waals surface area contributed by atoms with Crippen molar-refractivity contribution in [2.75, 3.05) is 33.2 Å². The van der Waals surface area contributed by atoms with Gasteiger partial charge in [-0.15, -0.1) is 11.3 Å². The predicted octanol–water partition coefficient (Wildman–Crippen LogP) is 0.533. The third kappa shape index (κ3) is 2.92. The molecular weight excluding hydrogens is 270 g/mol. The Kier molecular flexibility index (Phi) is 4.39. The van der Waals surface area contributed by atoms with Crippen LogP contribution in [-0.2, 0) is 16.6 Å². The third-order valence-electron chi connectivity index (χ3n) is 3.11. The van der Waals surface area contributed by atoms with Gasteiger partial charge in [0.05, 0.1) is 0 Å². The number of rotatable bonds is 3. The highest BCUT2D eigenvalue weighted by molar-refractivity contribution is 7.91. The van der Waals surface area contributed by atoms with E-state index >= 15 is 0 Å². The first-order valence-corrected chi connectivity index (χ1v) is 8.27. The minimum Gasteiger partial charge on any atom is -0.326 e. The molecule has 2 rings (SSSR count). The average molecular weight is 289 g/mol. The van der Waals surface area contributed by atoms with E-state index in [2.05, 4.69) is 4.90 Å². The lowest BCUT2D eigenvalue weighted by atomic mass is 10.4. The average Bonchev–Trinajstić information content (AvgIpc) is 2.72. The molecule has 2 heterocycles. The van der Waals surface area contributed by atoms with Crippen LogP contribution in [-0.4, -0.2) is 50.8 Å². The van der Waals surface area contributed by atoms with E-state index in [4.69, 9.17) is 5.73 Å².